The van der Waals surface area contributed by atoms with Gasteiger partial charge < -0.3 is 4.74 Å². The summed E-state index contributed by atoms with van der Waals surface area (Å²) in [5.74, 6) is 0.0961. The average Bonchev–Trinajstić information content (AvgIpc) is 2.29. The molecule has 0 fully saturated rings. The second-order valence-corrected chi connectivity index (χ2v) is 3.28. The van der Waals surface area contributed by atoms with Crippen LogP contribution in [0.3, 0.4) is 0 Å². The maximum Gasteiger partial charge on any atom is 0.223 e. The van der Waals surface area contributed by atoms with Crippen LogP contribution in [0.15, 0.2) is 22.7 Å². The molecule has 0 spiro atoms. The summed E-state index contributed by atoms with van der Waals surface area (Å²) in [6.07, 6.45) is 0. The van der Waals surface area contributed by atoms with Gasteiger partial charge in [-0.1, -0.05) is 6.07 Å². The lowest BCUT2D eigenvalue weighted by molar-refractivity contribution is 0.553. The summed E-state index contributed by atoms with van der Waals surface area (Å²) >= 11 is 3.30. The number of benzene rings is 1. The number of hydrogen-bond donors (Lipinski definition) is 2. The minimum Gasteiger partial charge on any atom is -0.421 e. The first-order valence-electron chi connectivity index (χ1n) is 3.34. The van der Waals surface area contributed by atoms with Crippen LogP contribution >= 0.6 is 28.3 Å². The SMILES string of the molecule is Cl.N=C1OC(=N)c2c(Br)cccc21. The van der Waals surface area contributed by atoms with E-state index >= 15 is 0 Å². The molecule has 0 amide bonds. The van der Waals surface area contributed by atoms with Crippen LogP contribution in [-0.2, 0) is 4.74 Å². The summed E-state index contributed by atoms with van der Waals surface area (Å²) < 4.78 is 5.65. The van der Waals surface area contributed by atoms with Gasteiger partial charge in [0, 0.05) is 4.47 Å². The van der Waals surface area contributed by atoms with Crippen molar-refractivity contribution in [2.45, 2.75) is 0 Å². The van der Waals surface area contributed by atoms with E-state index in [-0.39, 0.29) is 24.2 Å². The highest BCUT2D eigenvalue weighted by atomic mass is 79.9. The van der Waals surface area contributed by atoms with Gasteiger partial charge in [-0.05, 0) is 28.1 Å². The van der Waals surface area contributed by atoms with E-state index in [0.29, 0.717) is 11.1 Å². The summed E-state index contributed by atoms with van der Waals surface area (Å²) in [7, 11) is 0. The molecule has 0 aromatic heterocycles. The first-order valence-corrected chi connectivity index (χ1v) is 4.13. The van der Waals surface area contributed by atoms with Gasteiger partial charge in [-0.25, -0.2) is 0 Å². The molecule has 2 N–H and O–H groups in total. The zero-order chi connectivity index (χ0) is 8.72. The second kappa shape index (κ2) is 3.47. The predicted molar refractivity (Wildman–Crippen MR) is 56.1 cm³/mol. The first kappa shape index (κ1) is 10.2. The molecule has 0 aliphatic carbocycles. The second-order valence-electron chi connectivity index (χ2n) is 2.42. The van der Waals surface area contributed by atoms with Crippen molar-refractivity contribution in [3.63, 3.8) is 0 Å². The van der Waals surface area contributed by atoms with Gasteiger partial charge in [0.15, 0.2) is 0 Å². The summed E-state index contributed by atoms with van der Waals surface area (Å²) in [6.45, 7) is 0. The van der Waals surface area contributed by atoms with E-state index in [1.807, 2.05) is 12.1 Å². The maximum absolute atomic E-state index is 7.41. The monoisotopic (exact) mass is 260 g/mol. The van der Waals surface area contributed by atoms with Gasteiger partial charge in [-0.2, -0.15) is 0 Å². The molecule has 0 radical (unpaired) electrons. The highest BCUT2D eigenvalue weighted by molar-refractivity contribution is 9.10. The normalized spacial score (nSPS) is 13.3. The molecule has 1 aliphatic heterocycles. The number of nitrogens with one attached hydrogen (secondary N) is 2. The van der Waals surface area contributed by atoms with Crippen LogP contribution in [0, 0.1) is 10.8 Å². The number of fused-ring (bicyclic) bond motifs is 1. The molecule has 1 heterocycles. The van der Waals surface area contributed by atoms with Crippen molar-refractivity contribution in [3.8, 4) is 0 Å². The average molecular weight is 262 g/mol. The standard InChI is InChI=1S/C8H5BrN2O.ClH/c9-5-3-1-2-4-6(5)8(11)12-7(4)10;/h1-3,10-11H;1H. The van der Waals surface area contributed by atoms with Crippen LogP contribution in [0.4, 0.5) is 0 Å². The number of rotatable bonds is 0. The van der Waals surface area contributed by atoms with Crippen molar-refractivity contribution in [3.05, 3.63) is 33.8 Å². The minimum absolute atomic E-state index is 0. The highest BCUT2D eigenvalue weighted by Gasteiger charge is 2.25. The van der Waals surface area contributed by atoms with Crippen LogP contribution in [0.25, 0.3) is 0 Å². The van der Waals surface area contributed by atoms with Crippen LogP contribution < -0.4 is 0 Å². The van der Waals surface area contributed by atoms with E-state index in [4.69, 9.17) is 15.6 Å². The van der Waals surface area contributed by atoms with Gasteiger partial charge in [0.1, 0.15) is 0 Å². The fourth-order valence-electron chi connectivity index (χ4n) is 1.15. The molecule has 0 bridgehead atoms. The van der Waals surface area contributed by atoms with Gasteiger partial charge in [0.05, 0.1) is 11.1 Å². The van der Waals surface area contributed by atoms with Gasteiger partial charge in [-0.15, -0.1) is 12.4 Å². The maximum atomic E-state index is 7.41. The molecule has 5 heteroatoms. The Labute approximate surface area is 89.7 Å². The summed E-state index contributed by atoms with van der Waals surface area (Å²) in [6, 6.07) is 5.42. The lowest BCUT2D eigenvalue weighted by Crippen LogP contribution is -1.97. The summed E-state index contributed by atoms with van der Waals surface area (Å²) in [5.41, 5.74) is 1.34. The fourth-order valence-corrected chi connectivity index (χ4v) is 1.70. The van der Waals surface area contributed by atoms with Crippen molar-refractivity contribution in [1.82, 2.24) is 0 Å². The molecule has 1 aliphatic rings. The third kappa shape index (κ3) is 1.47. The number of ether oxygens (including phenoxy) is 1. The van der Waals surface area contributed by atoms with Crippen molar-refractivity contribution >= 4 is 40.1 Å². The van der Waals surface area contributed by atoms with E-state index in [9.17, 15) is 0 Å². The van der Waals surface area contributed by atoms with Crippen LogP contribution in [0.5, 0.6) is 0 Å². The third-order valence-electron chi connectivity index (χ3n) is 1.69. The van der Waals surface area contributed by atoms with Crippen LogP contribution in [0.1, 0.15) is 11.1 Å². The smallest absolute Gasteiger partial charge is 0.223 e. The van der Waals surface area contributed by atoms with Crippen molar-refractivity contribution < 1.29 is 4.74 Å². The van der Waals surface area contributed by atoms with E-state index in [1.54, 1.807) is 6.07 Å². The molecule has 13 heavy (non-hydrogen) atoms. The minimum atomic E-state index is 0. The van der Waals surface area contributed by atoms with Gasteiger partial charge in [-0.3, -0.25) is 10.8 Å². The molecule has 1 aromatic rings. The Hall–Kier alpha value is -0.870. The van der Waals surface area contributed by atoms with E-state index in [1.165, 1.54) is 0 Å². The van der Waals surface area contributed by atoms with E-state index in [2.05, 4.69) is 15.9 Å². The summed E-state index contributed by atoms with van der Waals surface area (Å²) in [4.78, 5) is 0. The lowest BCUT2D eigenvalue weighted by atomic mass is 10.1. The Kier molecular flexibility index (Phi) is 2.73. The lowest BCUT2D eigenvalue weighted by Gasteiger charge is -1.95. The number of halogens is 2. The molecule has 0 atom stereocenters. The Morgan fingerprint density at radius 2 is 1.85 bits per heavy atom. The quantitative estimate of drug-likeness (QED) is 0.741. The Morgan fingerprint density at radius 3 is 2.46 bits per heavy atom. The Morgan fingerprint density at radius 1 is 1.15 bits per heavy atom. The fraction of sp³-hybridized carbons (Fsp3) is 0. The van der Waals surface area contributed by atoms with Gasteiger partial charge in [0.2, 0.25) is 11.8 Å². The topological polar surface area (TPSA) is 56.9 Å². The number of hydrogen-bond acceptors (Lipinski definition) is 3. The van der Waals surface area contributed by atoms with Crippen LogP contribution in [0.2, 0.25) is 0 Å². The predicted octanol–water partition coefficient (Wildman–Crippen LogP) is 2.55. The highest BCUT2D eigenvalue weighted by Crippen LogP contribution is 2.26. The molecule has 3 nitrogen and oxygen atoms in total. The van der Waals surface area contributed by atoms with Crippen molar-refractivity contribution in [2.75, 3.05) is 0 Å². The largest absolute Gasteiger partial charge is 0.421 e. The van der Waals surface area contributed by atoms with Crippen LogP contribution in [-0.4, -0.2) is 11.8 Å². The molecule has 68 valence electrons. The first-order chi connectivity index (χ1) is 5.70. The zero-order valence-corrected chi connectivity index (χ0v) is 8.83. The molecule has 0 saturated heterocycles. The Balaban J connectivity index is 0.000000845. The van der Waals surface area contributed by atoms with E-state index < -0.39 is 0 Å². The molecular weight excluding hydrogens is 255 g/mol. The third-order valence-corrected chi connectivity index (χ3v) is 2.35. The molecule has 2 rings (SSSR count). The summed E-state index contributed by atoms with van der Waals surface area (Å²) in [5, 5.41) is 14.8. The van der Waals surface area contributed by atoms with E-state index in [0.717, 1.165) is 4.47 Å². The molecule has 0 unspecified atom stereocenters. The van der Waals surface area contributed by atoms with Crippen molar-refractivity contribution in [2.24, 2.45) is 0 Å². The zero-order valence-electron chi connectivity index (χ0n) is 6.43. The molecule has 0 saturated carbocycles. The molecule has 1 aromatic carbocycles. The van der Waals surface area contributed by atoms with Gasteiger partial charge in [0.25, 0.3) is 0 Å². The van der Waals surface area contributed by atoms with Crippen molar-refractivity contribution in [1.29, 1.82) is 10.8 Å². The Bertz CT molecular complexity index is 392. The molecular formula is C8H6BrClN2O. The van der Waals surface area contributed by atoms with Gasteiger partial charge >= 0.3 is 0 Å².